The molecule has 2 N–H and O–H groups in total. The van der Waals surface area contributed by atoms with E-state index in [1.165, 1.54) is 23.5 Å². The first-order valence-corrected chi connectivity index (χ1v) is 7.98. The van der Waals surface area contributed by atoms with Crippen molar-refractivity contribution in [1.29, 1.82) is 0 Å². The molecule has 0 spiro atoms. The second-order valence-corrected chi connectivity index (χ2v) is 6.34. The number of aliphatic hydroxyl groups is 1. The number of benzene rings is 1. The highest BCUT2D eigenvalue weighted by atomic mass is 32.1. The van der Waals surface area contributed by atoms with Crippen molar-refractivity contribution in [3.05, 3.63) is 46.9 Å². The lowest BCUT2D eigenvalue weighted by molar-refractivity contribution is 0.0927. The Balaban J connectivity index is 1.91. The summed E-state index contributed by atoms with van der Waals surface area (Å²) in [5.41, 5.74) is 2.34. The van der Waals surface area contributed by atoms with Crippen LogP contribution in [0.3, 0.4) is 0 Å². The fourth-order valence-electron chi connectivity index (χ4n) is 2.24. The number of nitrogens with one attached hydrogen (secondary N) is 1. The number of hydrogen-bond donors (Lipinski definition) is 2. The molecule has 5 nitrogen and oxygen atoms in total. The van der Waals surface area contributed by atoms with E-state index < -0.39 is 6.10 Å². The number of aliphatic hydroxyl groups excluding tert-OH is 1. The number of halogens is 1. The van der Waals surface area contributed by atoms with Gasteiger partial charge >= 0.3 is 0 Å². The van der Waals surface area contributed by atoms with Gasteiger partial charge in [-0.05, 0) is 38.1 Å². The molecule has 2 heterocycles. The van der Waals surface area contributed by atoms with Gasteiger partial charge in [0.25, 0.3) is 5.91 Å². The number of aromatic nitrogens is 2. The van der Waals surface area contributed by atoms with Crippen molar-refractivity contribution in [3.63, 3.8) is 0 Å². The minimum atomic E-state index is -0.589. The molecular formula is C16H16FN3O2S. The van der Waals surface area contributed by atoms with Gasteiger partial charge < -0.3 is 10.4 Å². The van der Waals surface area contributed by atoms with Crippen molar-refractivity contribution in [2.24, 2.45) is 0 Å². The second kappa shape index (κ2) is 6.10. The third-order valence-corrected chi connectivity index (χ3v) is 4.62. The smallest absolute Gasteiger partial charge is 0.263 e. The molecule has 0 aliphatic rings. The maximum absolute atomic E-state index is 13.0. The van der Waals surface area contributed by atoms with Crippen LogP contribution in [0.1, 0.15) is 22.3 Å². The van der Waals surface area contributed by atoms with Gasteiger partial charge in [-0.2, -0.15) is 0 Å². The number of amides is 1. The van der Waals surface area contributed by atoms with Crippen molar-refractivity contribution < 1.29 is 14.3 Å². The molecule has 1 amide bonds. The molecule has 0 fully saturated rings. The molecular weight excluding hydrogens is 317 g/mol. The van der Waals surface area contributed by atoms with Crippen molar-refractivity contribution >= 4 is 22.2 Å². The fourth-order valence-corrected chi connectivity index (χ4v) is 3.27. The molecule has 1 aromatic carbocycles. The maximum atomic E-state index is 13.0. The SMILES string of the molecule is Cc1c(C(=O)NCC(C)O)sc2nc(-c3ccc(F)cc3)cn12. The van der Waals surface area contributed by atoms with E-state index in [0.29, 0.717) is 9.84 Å². The molecule has 3 aromatic rings. The normalized spacial score (nSPS) is 12.5. The third-order valence-electron chi connectivity index (χ3n) is 3.46. The van der Waals surface area contributed by atoms with Crippen LogP contribution in [0, 0.1) is 12.7 Å². The lowest BCUT2D eigenvalue weighted by Gasteiger charge is -2.06. The van der Waals surface area contributed by atoms with Crippen LogP contribution in [-0.4, -0.2) is 33.0 Å². The van der Waals surface area contributed by atoms with Gasteiger partial charge in [0, 0.05) is 24.0 Å². The van der Waals surface area contributed by atoms with Gasteiger partial charge in [-0.25, -0.2) is 9.37 Å². The number of rotatable bonds is 4. The molecule has 1 atom stereocenters. The average Bonchev–Trinajstić information content (AvgIpc) is 3.05. The van der Waals surface area contributed by atoms with Gasteiger partial charge in [-0.15, -0.1) is 0 Å². The van der Waals surface area contributed by atoms with E-state index in [1.807, 2.05) is 17.5 Å². The van der Waals surface area contributed by atoms with Gasteiger partial charge in [-0.3, -0.25) is 9.20 Å². The standard InChI is InChI=1S/C16H16FN3O2S/c1-9(21)7-18-15(22)14-10(2)20-8-13(19-16(20)23-14)11-3-5-12(17)6-4-11/h3-6,8-9,21H,7H2,1-2H3,(H,18,22). The number of carbonyl (C=O) groups excluding carboxylic acids is 1. The Morgan fingerprint density at radius 2 is 2.13 bits per heavy atom. The van der Waals surface area contributed by atoms with Crippen LogP contribution in [0.25, 0.3) is 16.2 Å². The Morgan fingerprint density at radius 1 is 1.43 bits per heavy atom. The lowest BCUT2D eigenvalue weighted by Crippen LogP contribution is -2.30. The summed E-state index contributed by atoms with van der Waals surface area (Å²) in [6, 6.07) is 6.13. The second-order valence-electron chi connectivity index (χ2n) is 5.36. The van der Waals surface area contributed by atoms with Crippen LogP contribution in [-0.2, 0) is 0 Å². The number of imidazole rings is 1. The first kappa shape index (κ1) is 15.6. The Bertz CT molecular complexity index is 852. The van der Waals surface area contributed by atoms with Gasteiger partial charge in [0.2, 0.25) is 0 Å². The van der Waals surface area contributed by atoms with E-state index in [0.717, 1.165) is 17.0 Å². The number of carbonyl (C=O) groups is 1. The lowest BCUT2D eigenvalue weighted by atomic mass is 10.2. The predicted octanol–water partition coefficient (Wildman–Crippen LogP) is 2.62. The fraction of sp³-hybridized carbons (Fsp3) is 0.250. The zero-order valence-electron chi connectivity index (χ0n) is 12.7. The number of fused-ring (bicyclic) bond motifs is 1. The average molecular weight is 333 g/mol. The number of hydrogen-bond acceptors (Lipinski definition) is 4. The summed E-state index contributed by atoms with van der Waals surface area (Å²) in [6.07, 6.45) is 1.24. The van der Waals surface area contributed by atoms with E-state index in [4.69, 9.17) is 0 Å². The van der Waals surface area contributed by atoms with Crippen molar-refractivity contribution in [2.75, 3.05) is 6.54 Å². The van der Waals surface area contributed by atoms with E-state index in [1.54, 1.807) is 19.1 Å². The van der Waals surface area contributed by atoms with Crippen LogP contribution < -0.4 is 5.32 Å². The van der Waals surface area contributed by atoms with Crippen LogP contribution >= 0.6 is 11.3 Å². The largest absolute Gasteiger partial charge is 0.392 e. The summed E-state index contributed by atoms with van der Waals surface area (Å²) in [4.78, 5) is 17.9. The molecule has 3 rings (SSSR count). The van der Waals surface area contributed by atoms with Crippen LogP contribution in [0.5, 0.6) is 0 Å². The maximum Gasteiger partial charge on any atom is 0.263 e. The molecule has 0 aliphatic heterocycles. The number of aryl methyl sites for hydroxylation is 1. The van der Waals surface area contributed by atoms with Crippen LogP contribution in [0.2, 0.25) is 0 Å². The summed E-state index contributed by atoms with van der Waals surface area (Å²) in [6.45, 7) is 3.67. The van der Waals surface area contributed by atoms with Crippen LogP contribution in [0.4, 0.5) is 4.39 Å². The summed E-state index contributed by atoms with van der Waals surface area (Å²) < 4.78 is 14.8. The zero-order chi connectivity index (χ0) is 16.6. The quantitative estimate of drug-likeness (QED) is 0.771. The summed E-state index contributed by atoms with van der Waals surface area (Å²) in [5, 5.41) is 11.9. The summed E-state index contributed by atoms with van der Waals surface area (Å²) in [5.74, 6) is -0.509. The minimum absolute atomic E-state index is 0.208. The van der Waals surface area contributed by atoms with Crippen LogP contribution in [0.15, 0.2) is 30.5 Å². The van der Waals surface area contributed by atoms with E-state index >= 15 is 0 Å². The topological polar surface area (TPSA) is 66.6 Å². The van der Waals surface area contributed by atoms with Gasteiger partial charge in [-0.1, -0.05) is 11.3 Å². The Labute approximate surface area is 136 Å². The summed E-state index contributed by atoms with van der Waals surface area (Å²) in [7, 11) is 0. The molecule has 0 saturated heterocycles. The molecule has 2 aromatic heterocycles. The predicted molar refractivity (Wildman–Crippen MR) is 87.2 cm³/mol. The minimum Gasteiger partial charge on any atom is -0.392 e. The molecule has 0 bridgehead atoms. The van der Waals surface area contributed by atoms with Gasteiger partial charge in [0.05, 0.1) is 11.8 Å². The highest BCUT2D eigenvalue weighted by Gasteiger charge is 2.18. The van der Waals surface area contributed by atoms with E-state index in [9.17, 15) is 14.3 Å². The van der Waals surface area contributed by atoms with E-state index in [2.05, 4.69) is 10.3 Å². The van der Waals surface area contributed by atoms with Crippen molar-refractivity contribution in [3.8, 4) is 11.3 Å². The highest BCUT2D eigenvalue weighted by molar-refractivity contribution is 7.19. The first-order valence-electron chi connectivity index (χ1n) is 7.16. The Morgan fingerprint density at radius 3 is 2.74 bits per heavy atom. The molecule has 0 aliphatic carbocycles. The first-order chi connectivity index (χ1) is 11.0. The van der Waals surface area contributed by atoms with E-state index in [-0.39, 0.29) is 18.3 Å². The zero-order valence-corrected chi connectivity index (χ0v) is 13.5. The van der Waals surface area contributed by atoms with Crippen molar-refractivity contribution in [2.45, 2.75) is 20.0 Å². The molecule has 1 unspecified atom stereocenters. The van der Waals surface area contributed by atoms with Crippen molar-refractivity contribution in [1.82, 2.24) is 14.7 Å². The molecule has 0 saturated carbocycles. The molecule has 7 heteroatoms. The highest BCUT2D eigenvalue weighted by Crippen LogP contribution is 2.27. The molecule has 23 heavy (non-hydrogen) atoms. The molecule has 120 valence electrons. The number of nitrogens with zero attached hydrogens (tertiary/aromatic N) is 2. The third kappa shape index (κ3) is 3.11. The number of thiazole rings is 1. The Kier molecular flexibility index (Phi) is 4.14. The van der Waals surface area contributed by atoms with Gasteiger partial charge in [0.15, 0.2) is 4.96 Å². The monoisotopic (exact) mass is 333 g/mol. The van der Waals surface area contributed by atoms with Gasteiger partial charge in [0.1, 0.15) is 10.7 Å². The Hall–Kier alpha value is -2.25. The molecule has 0 radical (unpaired) electrons. The summed E-state index contributed by atoms with van der Waals surface area (Å²) >= 11 is 1.29.